The first-order chi connectivity index (χ1) is 8.24. The second-order valence-corrected chi connectivity index (χ2v) is 10.3. The number of rotatable bonds is 11. The molecule has 0 aromatic heterocycles. The van der Waals surface area contributed by atoms with Crippen LogP contribution in [-0.2, 0) is 0 Å². The molecule has 0 saturated carbocycles. The first kappa shape index (κ1) is 16.6. The van der Waals surface area contributed by atoms with Gasteiger partial charge in [0, 0.05) is 6.54 Å². The van der Waals surface area contributed by atoms with Crippen LogP contribution in [-0.4, -0.2) is 20.8 Å². The zero-order valence-corrected chi connectivity index (χ0v) is 13.2. The van der Waals surface area contributed by atoms with Crippen molar-refractivity contribution in [2.24, 2.45) is 4.99 Å². The Morgan fingerprint density at radius 1 is 1.00 bits per heavy atom. The molecular formula is C15H31NSi. The molecule has 0 aliphatic heterocycles. The van der Waals surface area contributed by atoms with Crippen molar-refractivity contribution in [2.75, 3.05) is 6.54 Å². The molecule has 0 radical (unpaired) electrons. The maximum Gasteiger partial charge on any atom is 0.0621 e. The molecule has 0 atom stereocenters. The molecule has 0 unspecified atom stereocenters. The first-order valence-electron chi connectivity index (χ1n) is 7.33. The Hall–Kier alpha value is -0.373. The first-order valence-corrected chi connectivity index (χ1v) is 10.2. The van der Waals surface area contributed by atoms with E-state index in [1.165, 1.54) is 49.9 Å². The van der Waals surface area contributed by atoms with Gasteiger partial charge in [0.25, 0.3) is 0 Å². The fraction of sp³-hybridized carbons (Fsp3) is 0.800. The van der Waals surface area contributed by atoms with Gasteiger partial charge in [-0.1, -0.05) is 58.2 Å². The smallest absolute Gasteiger partial charge is 0.0621 e. The molecule has 0 aromatic rings. The molecule has 0 bridgehead atoms. The zero-order chi connectivity index (χ0) is 13.0. The molecule has 100 valence electrons. The molecule has 0 aliphatic carbocycles. The lowest BCUT2D eigenvalue weighted by atomic mass is 10.2. The van der Waals surface area contributed by atoms with Crippen LogP contribution in [0.15, 0.2) is 17.6 Å². The van der Waals surface area contributed by atoms with Crippen molar-refractivity contribution < 1.29 is 0 Å². The minimum atomic E-state index is -1.09. The molecule has 0 rings (SSSR count). The SMILES string of the molecule is C=CC[Si](CC)(CC)CC=NCCCCCC. The van der Waals surface area contributed by atoms with Crippen LogP contribution in [0.4, 0.5) is 0 Å². The number of allylic oxidation sites excluding steroid dienone is 1. The van der Waals surface area contributed by atoms with E-state index in [1.807, 2.05) is 0 Å². The third kappa shape index (κ3) is 7.53. The molecule has 0 heterocycles. The van der Waals surface area contributed by atoms with Gasteiger partial charge in [-0.2, -0.15) is 0 Å². The Morgan fingerprint density at radius 2 is 1.71 bits per heavy atom. The van der Waals surface area contributed by atoms with Crippen LogP contribution >= 0.6 is 0 Å². The van der Waals surface area contributed by atoms with Gasteiger partial charge in [-0.25, -0.2) is 0 Å². The van der Waals surface area contributed by atoms with Gasteiger partial charge in [0.15, 0.2) is 0 Å². The fourth-order valence-corrected chi connectivity index (χ4v) is 5.15. The van der Waals surface area contributed by atoms with Crippen LogP contribution in [0, 0.1) is 0 Å². The summed E-state index contributed by atoms with van der Waals surface area (Å²) in [7, 11) is -1.09. The Morgan fingerprint density at radius 3 is 2.24 bits per heavy atom. The second kappa shape index (κ2) is 10.8. The fourth-order valence-electron chi connectivity index (χ4n) is 2.20. The average molecular weight is 254 g/mol. The van der Waals surface area contributed by atoms with Crippen molar-refractivity contribution in [3.05, 3.63) is 12.7 Å². The van der Waals surface area contributed by atoms with Crippen molar-refractivity contribution in [2.45, 2.75) is 70.6 Å². The number of hydrogen-bond donors (Lipinski definition) is 0. The van der Waals surface area contributed by atoms with Crippen LogP contribution in [0.3, 0.4) is 0 Å². The van der Waals surface area contributed by atoms with E-state index in [1.54, 1.807) is 0 Å². The predicted octanol–water partition coefficient (Wildman–Crippen LogP) is 5.31. The largest absolute Gasteiger partial charge is 0.298 e. The molecule has 0 saturated heterocycles. The summed E-state index contributed by atoms with van der Waals surface area (Å²) in [4.78, 5) is 4.58. The summed E-state index contributed by atoms with van der Waals surface area (Å²) in [5.74, 6) is 0. The lowest BCUT2D eigenvalue weighted by Gasteiger charge is -2.26. The van der Waals surface area contributed by atoms with Crippen LogP contribution in [0.1, 0.15) is 46.5 Å². The Labute approximate surface area is 109 Å². The molecule has 0 N–H and O–H groups in total. The van der Waals surface area contributed by atoms with E-state index in [4.69, 9.17) is 0 Å². The Kier molecular flexibility index (Phi) is 10.5. The van der Waals surface area contributed by atoms with Gasteiger partial charge in [-0.3, -0.25) is 4.99 Å². The molecule has 0 aromatic carbocycles. The summed E-state index contributed by atoms with van der Waals surface area (Å²) in [5, 5.41) is 0. The summed E-state index contributed by atoms with van der Waals surface area (Å²) in [5.41, 5.74) is 0. The number of unbranched alkanes of at least 4 members (excludes halogenated alkanes) is 3. The molecule has 0 aliphatic rings. The summed E-state index contributed by atoms with van der Waals surface area (Å²) in [6, 6.07) is 5.22. The summed E-state index contributed by atoms with van der Waals surface area (Å²) >= 11 is 0. The van der Waals surface area contributed by atoms with Gasteiger partial charge in [0.2, 0.25) is 0 Å². The summed E-state index contributed by atoms with van der Waals surface area (Å²) < 4.78 is 0. The van der Waals surface area contributed by atoms with Crippen LogP contribution in [0.5, 0.6) is 0 Å². The van der Waals surface area contributed by atoms with Crippen molar-refractivity contribution >= 4 is 14.3 Å². The monoisotopic (exact) mass is 253 g/mol. The van der Waals surface area contributed by atoms with Gasteiger partial charge >= 0.3 is 0 Å². The number of hydrogen-bond acceptors (Lipinski definition) is 1. The van der Waals surface area contributed by atoms with Crippen molar-refractivity contribution in [1.82, 2.24) is 0 Å². The maximum absolute atomic E-state index is 4.58. The molecule has 2 heteroatoms. The highest BCUT2D eigenvalue weighted by atomic mass is 28.3. The van der Waals surface area contributed by atoms with Gasteiger partial charge in [0.05, 0.1) is 8.07 Å². The minimum absolute atomic E-state index is 1.03. The lowest BCUT2D eigenvalue weighted by molar-refractivity contribution is 0.675. The minimum Gasteiger partial charge on any atom is -0.298 e. The summed E-state index contributed by atoms with van der Waals surface area (Å²) in [6.07, 6.45) is 9.60. The van der Waals surface area contributed by atoms with Crippen LogP contribution in [0.25, 0.3) is 0 Å². The molecular weight excluding hydrogens is 222 g/mol. The average Bonchev–Trinajstić information content (AvgIpc) is 2.36. The van der Waals surface area contributed by atoms with E-state index in [2.05, 4.69) is 44.6 Å². The molecule has 0 amide bonds. The van der Waals surface area contributed by atoms with E-state index in [-0.39, 0.29) is 0 Å². The van der Waals surface area contributed by atoms with Crippen molar-refractivity contribution in [3.8, 4) is 0 Å². The third-order valence-electron chi connectivity index (χ3n) is 3.87. The molecule has 1 nitrogen and oxygen atoms in total. The normalized spacial score (nSPS) is 12.2. The maximum atomic E-state index is 4.58. The predicted molar refractivity (Wildman–Crippen MR) is 84.0 cm³/mol. The topological polar surface area (TPSA) is 12.4 Å². The van der Waals surface area contributed by atoms with Crippen LogP contribution in [0.2, 0.25) is 24.2 Å². The van der Waals surface area contributed by atoms with Gasteiger partial charge in [0.1, 0.15) is 0 Å². The van der Waals surface area contributed by atoms with Crippen molar-refractivity contribution in [3.63, 3.8) is 0 Å². The van der Waals surface area contributed by atoms with E-state index in [0.29, 0.717) is 0 Å². The number of aliphatic imine (C=N–C) groups is 1. The second-order valence-electron chi connectivity index (χ2n) is 5.05. The highest BCUT2D eigenvalue weighted by Gasteiger charge is 2.25. The quantitative estimate of drug-likeness (QED) is 0.205. The van der Waals surface area contributed by atoms with E-state index in [9.17, 15) is 0 Å². The molecule has 0 fully saturated rings. The van der Waals surface area contributed by atoms with Gasteiger partial charge < -0.3 is 0 Å². The lowest BCUT2D eigenvalue weighted by Crippen LogP contribution is -2.31. The summed E-state index contributed by atoms with van der Waals surface area (Å²) in [6.45, 7) is 11.9. The highest BCUT2D eigenvalue weighted by molar-refractivity contribution is 6.82. The van der Waals surface area contributed by atoms with Crippen LogP contribution < -0.4 is 0 Å². The van der Waals surface area contributed by atoms with E-state index >= 15 is 0 Å². The van der Waals surface area contributed by atoms with E-state index < -0.39 is 8.07 Å². The highest BCUT2D eigenvalue weighted by Crippen LogP contribution is 2.24. The van der Waals surface area contributed by atoms with E-state index in [0.717, 1.165) is 6.54 Å². The standard InChI is InChI=1S/C15H31NSi/c1-5-9-10-11-12-16-13-15-17(7-3,8-4)14-6-2/h6,13H,2,5,7-12,14-15H2,1,3-4H3. The zero-order valence-electron chi connectivity index (χ0n) is 12.2. The third-order valence-corrected chi connectivity index (χ3v) is 9.07. The van der Waals surface area contributed by atoms with Gasteiger partial charge in [-0.05, 0) is 24.7 Å². The van der Waals surface area contributed by atoms with Crippen molar-refractivity contribution in [1.29, 1.82) is 0 Å². The molecule has 17 heavy (non-hydrogen) atoms. The Balaban J connectivity index is 3.87. The molecule has 0 spiro atoms. The Bertz CT molecular complexity index is 207. The number of nitrogens with zero attached hydrogens (tertiary/aromatic N) is 1. The van der Waals surface area contributed by atoms with Gasteiger partial charge in [-0.15, -0.1) is 6.58 Å².